The van der Waals surface area contributed by atoms with Crippen LogP contribution >= 0.6 is 35.6 Å². The summed E-state index contributed by atoms with van der Waals surface area (Å²) in [4.78, 5) is 0. The number of hydrogen-bond donors (Lipinski definition) is 2. The summed E-state index contributed by atoms with van der Waals surface area (Å²) in [5.41, 5.74) is 0.575. The lowest BCUT2D eigenvalue weighted by Gasteiger charge is -2.08. The minimum Gasteiger partial charge on any atom is -0.315 e. The number of rotatable bonds is 8. The van der Waals surface area contributed by atoms with Gasteiger partial charge in [-0.2, -0.15) is 0 Å². The molecular weight excluding hydrogens is 343 g/mol. The third-order valence-corrected chi connectivity index (χ3v) is 4.12. The number of hydrogen-bond acceptors (Lipinski definition) is 3. The topological polar surface area (TPSA) is 58.2 Å². The molecule has 0 aliphatic heterocycles. The monoisotopic (exact) mass is 360 g/mol. The van der Waals surface area contributed by atoms with Crippen LogP contribution in [0.15, 0.2) is 18.2 Å². The highest BCUT2D eigenvalue weighted by atomic mass is 35.5. The normalized spacial score (nSPS) is 11.2. The fourth-order valence-corrected chi connectivity index (χ4v) is 3.25. The van der Waals surface area contributed by atoms with Gasteiger partial charge in [0.15, 0.2) is 0 Å². The van der Waals surface area contributed by atoms with E-state index in [0.717, 1.165) is 13.0 Å². The second-order valence-corrected chi connectivity index (χ2v) is 6.86. The van der Waals surface area contributed by atoms with Crippen LogP contribution in [0.5, 0.6) is 0 Å². The molecule has 116 valence electrons. The van der Waals surface area contributed by atoms with E-state index in [9.17, 15) is 8.42 Å². The third kappa shape index (κ3) is 8.29. The van der Waals surface area contributed by atoms with Gasteiger partial charge < -0.3 is 5.32 Å². The lowest BCUT2D eigenvalue weighted by Crippen LogP contribution is -2.32. The minimum atomic E-state index is -3.36. The van der Waals surface area contributed by atoms with Crippen molar-refractivity contribution < 1.29 is 8.42 Å². The van der Waals surface area contributed by atoms with Crippen LogP contribution in [0.1, 0.15) is 18.9 Å². The Morgan fingerprint density at radius 3 is 2.20 bits per heavy atom. The highest BCUT2D eigenvalue weighted by Gasteiger charge is 2.11. The van der Waals surface area contributed by atoms with Crippen LogP contribution in [0, 0.1) is 0 Å². The van der Waals surface area contributed by atoms with E-state index < -0.39 is 10.0 Å². The number of benzene rings is 1. The summed E-state index contributed by atoms with van der Waals surface area (Å²) in [5.74, 6) is -0.124. The van der Waals surface area contributed by atoms with E-state index in [0.29, 0.717) is 28.7 Å². The van der Waals surface area contributed by atoms with Gasteiger partial charge >= 0.3 is 0 Å². The first-order valence-corrected chi connectivity index (χ1v) is 8.47. The van der Waals surface area contributed by atoms with Crippen LogP contribution in [-0.2, 0) is 15.8 Å². The summed E-state index contributed by atoms with van der Waals surface area (Å²) in [6.07, 6.45) is 1.02. The average Bonchev–Trinajstić information content (AvgIpc) is 2.26. The van der Waals surface area contributed by atoms with Crippen LogP contribution in [0.3, 0.4) is 0 Å². The maximum Gasteiger partial charge on any atom is 0.215 e. The van der Waals surface area contributed by atoms with Gasteiger partial charge in [0.1, 0.15) is 0 Å². The third-order valence-electron chi connectivity index (χ3n) is 2.33. The smallest absolute Gasteiger partial charge is 0.215 e. The van der Waals surface area contributed by atoms with E-state index in [1.807, 2.05) is 0 Å². The fraction of sp³-hybridized carbons (Fsp3) is 0.500. The minimum absolute atomic E-state index is 0. The molecule has 0 aliphatic carbocycles. The first-order valence-electron chi connectivity index (χ1n) is 6.06. The molecular formula is C12H19Cl3N2O2S. The SMILES string of the molecule is CCCNCCNS(=O)(=O)Cc1cc(Cl)cc(Cl)c1.Cl. The van der Waals surface area contributed by atoms with Crippen molar-refractivity contribution in [3.63, 3.8) is 0 Å². The molecule has 0 heterocycles. The highest BCUT2D eigenvalue weighted by Crippen LogP contribution is 2.20. The van der Waals surface area contributed by atoms with Gasteiger partial charge in [0.2, 0.25) is 10.0 Å². The maximum absolute atomic E-state index is 11.8. The molecule has 0 atom stereocenters. The molecule has 1 aromatic carbocycles. The first kappa shape index (κ1) is 20.0. The molecule has 20 heavy (non-hydrogen) atoms. The van der Waals surface area contributed by atoms with Gasteiger partial charge in [0, 0.05) is 23.1 Å². The molecule has 0 unspecified atom stereocenters. The number of halogens is 3. The predicted molar refractivity (Wildman–Crippen MR) is 87.5 cm³/mol. The summed E-state index contributed by atoms with van der Waals surface area (Å²) in [7, 11) is -3.36. The molecule has 0 aliphatic rings. The van der Waals surface area contributed by atoms with E-state index in [4.69, 9.17) is 23.2 Å². The lowest BCUT2D eigenvalue weighted by molar-refractivity contribution is 0.574. The summed E-state index contributed by atoms with van der Waals surface area (Å²) >= 11 is 11.7. The van der Waals surface area contributed by atoms with Crippen LogP contribution < -0.4 is 10.0 Å². The highest BCUT2D eigenvalue weighted by molar-refractivity contribution is 7.88. The second kappa shape index (κ2) is 9.82. The van der Waals surface area contributed by atoms with Crippen LogP contribution in [-0.4, -0.2) is 28.1 Å². The van der Waals surface area contributed by atoms with Gasteiger partial charge in [0.05, 0.1) is 5.75 Å². The molecule has 2 N–H and O–H groups in total. The molecule has 0 saturated carbocycles. The van der Waals surface area contributed by atoms with E-state index in [2.05, 4.69) is 17.0 Å². The average molecular weight is 362 g/mol. The van der Waals surface area contributed by atoms with Gasteiger partial charge in [-0.05, 0) is 36.7 Å². The van der Waals surface area contributed by atoms with E-state index in [1.54, 1.807) is 18.2 Å². The summed E-state index contributed by atoms with van der Waals surface area (Å²) in [5, 5.41) is 3.99. The quantitative estimate of drug-likeness (QED) is 0.700. The molecule has 0 saturated heterocycles. The zero-order valence-corrected chi connectivity index (χ0v) is 14.3. The molecule has 8 heteroatoms. The Morgan fingerprint density at radius 2 is 1.65 bits per heavy atom. The zero-order valence-electron chi connectivity index (χ0n) is 11.2. The molecule has 1 aromatic rings. The Kier molecular flexibility index (Phi) is 9.80. The van der Waals surface area contributed by atoms with Crippen LogP contribution in [0.2, 0.25) is 10.0 Å². The van der Waals surface area contributed by atoms with Gasteiger partial charge in [-0.1, -0.05) is 30.1 Å². The van der Waals surface area contributed by atoms with Gasteiger partial charge in [-0.15, -0.1) is 12.4 Å². The van der Waals surface area contributed by atoms with Gasteiger partial charge in [0.25, 0.3) is 0 Å². The standard InChI is InChI=1S/C12H18Cl2N2O2S.ClH/c1-2-3-15-4-5-16-19(17,18)9-10-6-11(13)8-12(14)7-10;/h6-8,15-16H,2-5,9H2,1H3;1H. The Labute approximate surface area is 136 Å². The maximum atomic E-state index is 11.8. The van der Waals surface area contributed by atoms with Gasteiger partial charge in [-0.3, -0.25) is 0 Å². The number of nitrogens with one attached hydrogen (secondary N) is 2. The van der Waals surface area contributed by atoms with Crippen molar-refractivity contribution in [2.24, 2.45) is 0 Å². The molecule has 0 radical (unpaired) electrons. The van der Waals surface area contributed by atoms with Crippen molar-refractivity contribution in [3.05, 3.63) is 33.8 Å². The molecule has 0 fully saturated rings. The largest absolute Gasteiger partial charge is 0.315 e. The van der Waals surface area contributed by atoms with Crippen molar-refractivity contribution in [2.75, 3.05) is 19.6 Å². The molecule has 0 aromatic heterocycles. The summed E-state index contributed by atoms with van der Waals surface area (Å²) in [6.45, 7) is 3.92. The zero-order chi connectivity index (χ0) is 14.3. The van der Waals surface area contributed by atoms with Crippen molar-refractivity contribution in [1.29, 1.82) is 0 Å². The van der Waals surface area contributed by atoms with Crippen LogP contribution in [0.4, 0.5) is 0 Å². The number of sulfonamides is 1. The molecule has 0 amide bonds. The van der Waals surface area contributed by atoms with Crippen LogP contribution in [0.25, 0.3) is 0 Å². The molecule has 0 spiro atoms. The van der Waals surface area contributed by atoms with Gasteiger partial charge in [-0.25, -0.2) is 13.1 Å². The lowest BCUT2D eigenvalue weighted by atomic mass is 10.2. The molecule has 0 bridgehead atoms. The fourth-order valence-electron chi connectivity index (χ4n) is 1.56. The predicted octanol–water partition coefficient (Wildman–Crippen LogP) is 2.83. The van der Waals surface area contributed by atoms with Crippen molar-refractivity contribution in [1.82, 2.24) is 10.0 Å². The molecule has 1 rings (SSSR count). The summed E-state index contributed by atoms with van der Waals surface area (Å²) < 4.78 is 26.2. The van der Waals surface area contributed by atoms with E-state index in [-0.39, 0.29) is 18.2 Å². The van der Waals surface area contributed by atoms with E-state index in [1.165, 1.54) is 0 Å². The second-order valence-electron chi connectivity index (χ2n) is 4.18. The Bertz CT molecular complexity index is 489. The van der Waals surface area contributed by atoms with Crippen molar-refractivity contribution >= 4 is 45.6 Å². The van der Waals surface area contributed by atoms with Crippen molar-refractivity contribution in [3.8, 4) is 0 Å². The summed E-state index contributed by atoms with van der Waals surface area (Å²) in [6, 6.07) is 4.77. The molecule has 4 nitrogen and oxygen atoms in total. The Balaban J connectivity index is 0.00000361. The van der Waals surface area contributed by atoms with E-state index >= 15 is 0 Å². The Morgan fingerprint density at radius 1 is 1.05 bits per heavy atom. The Hall–Kier alpha value is -0.0400. The first-order chi connectivity index (χ1) is 8.93. The van der Waals surface area contributed by atoms with Crippen molar-refractivity contribution in [2.45, 2.75) is 19.1 Å².